The van der Waals surface area contributed by atoms with Gasteiger partial charge in [0, 0.05) is 21.7 Å². The van der Waals surface area contributed by atoms with E-state index < -0.39 is 0 Å². The summed E-state index contributed by atoms with van der Waals surface area (Å²) in [4.78, 5) is 0. The second kappa shape index (κ2) is 9.37. The van der Waals surface area contributed by atoms with E-state index in [1.54, 1.807) is 0 Å². The smallest absolute Gasteiger partial charge is 0.143 e. The molecule has 1 nitrogen and oxygen atoms in total. The van der Waals surface area contributed by atoms with E-state index in [1.165, 1.54) is 82.4 Å². The minimum absolute atomic E-state index is 0.342. The van der Waals surface area contributed by atoms with Gasteiger partial charge in [-0.3, -0.25) is 0 Å². The van der Waals surface area contributed by atoms with Crippen LogP contribution in [0.3, 0.4) is 0 Å². The average molecular weight is 633 g/mol. The molecule has 0 saturated heterocycles. The van der Waals surface area contributed by atoms with Crippen LogP contribution < -0.4 is 0 Å². The fourth-order valence-corrected chi connectivity index (χ4v) is 9.74. The highest BCUT2D eigenvalue weighted by molar-refractivity contribution is 6.32. The van der Waals surface area contributed by atoms with Gasteiger partial charge in [-0.25, -0.2) is 0 Å². The zero-order valence-corrected chi connectivity index (χ0v) is 27.1. The number of hydrogen-bond donors (Lipinski definition) is 0. The average Bonchev–Trinajstić information content (AvgIpc) is 3.82. The van der Waals surface area contributed by atoms with Crippen LogP contribution in [0.5, 0.6) is 0 Å². The lowest BCUT2D eigenvalue weighted by Gasteiger charge is -2.30. The summed E-state index contributed by atoms with van der Waals surface area (Å²) in [6, 6.07) is 62.8. The van der Waals surface area contributed by atoms with E-state index in [2.05, 4.69) is 170 Å². The van der Waals surface area contributed by atoms with Gasteiger partial charge in [0.1, 0.15) is 11.2 Å². The Kier molecular flexibility index (Phi) is 4.97. The summed E-state index contributed by atoms with van der Waals surface area (Å²) in [5.74, 6) is 0. The minimum Gasteiger partial charge on any atom is -0.455 e. The number of hydrogen-bond acceptors (Lipinski definition) is 1. The van der Waals surface area contributed by atoms with Crippen LogP contribution in [0.4, 0.5) is 0 Å². The van der Waals surface area contributed by atoms with Crippen LogP contribution in [0.2, 0.25) is 0 Å². The molecule has 0 aliphatic heterocycles. The number of para-hydroxylation sites is 1. The Morgan fingerprint density at radius 1 is 0.300 bits per heavy atom. The fourth-order valence-electron chi connectivity index (χ4n) is 9.74. The first kappa shape index (κ1) is 26.5. The molecule has 2 aliphatic rings. The summed E-state index contributed by atoms with van der Waals surface area (Å²) in [5, 5.41) is 9.72. The molecule has 2 aliphatic carbocycles. The molecule has 1 spiro atoms. The highest BCUT2D eigenvalue weighted by Crippen LogP contribution is 2.63. The summed E-state index contributed by atoms with van der Waals surface area (Å²) in [5.41, 5.74) is 14.5. The van der Waals surface area contributed by atoms with E-state index in [-0.39, 0.29) is 5.41 Å². The first-order chi connectivity index (χ1) is 24.8. The molecule has 0 atom stereocenters. The van der Waals surface area contributed by atoms with E-state index >= 15 is 0 Å². The molecule has 230 valence electrons. The van der Waals surface area contributed by atoms with Crippen molar-refractivity contribution in [1.82, 2.24) is 0 Å². The Hall–Kier alpha value is -6.44. The van der Waals surface area contributed by atoms with Crippen LogP contribution in [0.1, 0.15) is 22.3 Å². The molecule has 1 heteroatoms. The molecule has 0 unspecified atom stereocenters. The predicted molar refractivity (Wildman–Crippen MR) is 208 cm³/mol. The number of fused-ring (bicyclic) bond motifs is 20. The third-order valence-corrected chi connectivity index (χ3v) is 11.7. The number of rotatable bonds is 1. The quantitative estimate of drug-likeness (QED) is 0.164. The monoisotopic (exact) mass is 632 g/mol. The van der Waals surface area contributed by atoms with Gasteiger partial charge in [0.2, 0.25) is 0 Å². The highest BCUT2D eigenvalue weighted by atomic mass is 16.3. The van der Waals surface area contributed by atoms with Gasteiger partial charge in [-0.15, -0.1) is 0 Å². The van der Waals surface area contributed by atoms with E-state index in [0.717, 1.165) is 27.5 Å². The van der Waals surface area contributed by atoms with Crippen molar-refractivity contribution in [2.45, 2.75) is 5.41 Å². The highest BCUT2D eigenvalue weighted by Gasteiger charge is 2.51. The van der Waals surface area contributed by atoms with Crippen molar-refractivity contribution in [3.8, 4) is 33.4 Å². The molecule has 1 aromatic heterocycles. The maximum absolute atomic E-state index is 7.08. The van der Waals surface area contributed by atoms with Gasteiger partial charge >= 0.3 is 0 Å². The van der Waals surface area contributed by atoms with Gasteiger partial charge in [0.15, 0.2) is 0 Å². The topological polar surface area (TPSA) is 13.1 Å². The number of furan rings is 1. The molecule has 1 heterocycles. The zero-order chi connectivity index (χ0) is 32.6. The molecular weight excluding hydrogens is 605 g/mol. The van der Waals surface area contributed by atoms with Gasteiger partial charge in [-0.2, -0.15) is 0 Å². The van der Waals surface area contributed by atoms with Crippen molar-refractivity contribution in [3.63, 3.8) is 0 Å². The second-order valence-corrected chi connectivity index (χ2v) is 13.9. The molecule has 9 aromatic carbocycles. The summed E-state index contributed by atoms with van der Waals surface area (Å²) in [6.07, 6.45) is 0. The third-order valence-electron chi connectivity index (χ3n) is 11.7. The van der Waals surface area contributed by atoms with Crippen LogP contribution in [0, 0.1) is 0 Å². The summed E-state index contributed by atoms with van der Waals surface area (Å²) < 4.78 is 7.08. The van der Waals surface area contributed by atoms with Crippen molar-refractivity contribution in [2.75, 3.05) is 0 Å². The van der Waals surface area contributed by atoms with Crippen LogP contribution >= 0.6 is 0 Å². The van der Waals surface area contributed by atoms with Crippen molar-refractivity contribution in [3.05, 3.63) is 192 Å². The van der Waals surface area contributed by atoms with Crippen molar-refractivity contribution in [1.29, 1.82) is 0 Å². The molecule has 0 amide bonds. The summed E-state index contributed by atoms with van der Waals surface area (Å²) >= 11 is 0. The lowest BCUT2D eigenvalue weighted by atomic mass is 9.70. The van der Waals surface area contributed by atoms with Crippen LogP contribution in [0.25, 0.3) is 87.6 Å². The molecular formula is C49H28O. The third kappa shape index (κ3) is 3.10. The van der Waals surface area contributed by atoms with Gasteiger partial charge in [0.05, 0.1) is 5.41 Å². The second-order valence-electron chi connectivity index (χ2n) is 13.9. The zero-order valence-electron chi connectivity index (χ0n) is 27.1. The van der Waals surface area contributed by atoms with Gasteiger partial charge in [0.25, 0.3) is 0 Å². The van der Waals surface area contributed by atoms with E-state index in [1.807, 2.05) is 0 Å². The van der Waals surface area contributed by atoms with Crippen molar-refractivity contribution >= 4 is 54.3 Å². The maximum atomic E-state index is 7.08. The Morgan fingerprint density at radius 2 is 0.740 bits per heavy atom. The molecule has 10 aromatic rings. The first-order valence-electron chi connectivity index (χ1n) is 17.4. The summed E-state index contributed by atoms with van der Waals surface area (Å²) in [7, 11) is 0. The van der Waals surface area contributed by atoms with Crippen LogP contribution in [-0.2, 0) is 5.41 Å². The molecule has 0 N–H and O–H groups in total. The molecule has 0 fully saturated rings. The normalized spacial score (nSPS) is 13.8. The summed E-state index contributed by atoms with van der Waals surface area (Å²) in [6.45, 7) is 0. The van der Waals surface area contributed by atoms with Gasteiger partial charge in [-0.1, -0.05) is 158 Å². The van der Waals surface area contributed by atoms with E-state index in [9.17, 15) is 0 Å². The molecule has 0 saturated carbocycles. The van der Waals surface area contributed by atoms with E-state index in [4.69, 9.17) is 4.42 Å². The van der Waals surface area contributed by atoms with E-state index in [0.29, 0.717) is 0 Å². The van der Waals surface area contributed by atoms with Crippen molar-refractivity contribution in [2.24, 2.45) is 0 Å². The lowest BCUT2D eigenvalue weighted by Crippen LogP contribution is -2.25. The first-order valence-corrected chi connectivity index (χ1v) is 17.4. The Bertz CT molecular complexity index is 3020. The standard InChI is InChI=1S/C49H28O/c1-2-14-33-31(12-1)32-13-3-4-18-37(32)46-38(33)25-26-40-39-20-11-19-30(47(39)50-48(40)46)29-24-27-45-41(28-29)36-17-7-10-23-44(36)49(45)42-21-8-5-15-34(42)35-16-6-9-22-43(35)49/h1-28H. The molecule has 50 heavy (non-hydrogen) atoms. The lowest BCUT2D eigenvalue weighted by molar-refractivity contribution is 0.674. The minimum atomic E-state index is -0.342. The Labute approximate surface area is 288 Å². The predicted octanol–water partition coefficient (Wildman–Crippen LogP) is 13.1. The Morgan fingerprint density at radius 3 is 1.40 bits per heavy atom. The maximum Gasteiger partial charge on any atom is 0.143 e. The Balaban J connectivity index is 1.14. The van der Waals surface area contributed by atoms with Crippen LogP contribution in [0.15, 0.2) is 174 Å². The van der Waals surface area contributed by atoms with Crippen molar-refractivity contribution < 1.29 is 4.42 Å². The fraction of sp³-hybridized carbons (Fsp3) is 0.0204. The molecule has 0 bridgehead atoms. The van der Waals surface area contributed by atoms with Gasteiger partial charge < -0.3 is 4.42 Å². The molecule has 12 rings (SSSR count). The largest absolute Gasteiger partial charge is 0.455 e. The SMILES string of the molecule is c1ccc2c(c1)-c1ccccc1C21c2ccccc2-c2cc(-c3cccc4c3oc3c4ccc4c5ccccc5c5ccccc5c43)ccc21. The number of benzene rings is 9. The van der Waals surface area contributed by atoms with Crippen LogP contribution in [-0.4, -0.2) is 0 Å². The van der Waals surface area contributed by atoms with Gasteiger partial charge in [-0.05, 0) is 89.1 Å². The molecule has 0 radical (unpaired) electrons.